The largest absolute Gasteiger partial charge is 0.323 e. The smallest absolute Gasteiger partial charge is 0.239 e. The number of alkyl halides is 1. The number of hydrogen-bond acceptors (Lipinski definition) is 3. The summed E-state index contributed by atoms with van der Waals surface area (Å²) in [6.07, 6.45) is 0. The third kappa shape index (κ3) is 3.74. The number of benzene rings is 2. The van der Waals surface area contributed by atoms with Crippen molar-refractivity contribution in [3.8, 4) is 28.5 Å². The van der Waals surface area contributed by atoms with Crippen molar-refractivity contribution in [1.82, 2.24) is 4.98 Å². The van der Waals surface area contributed by atoms with Crippen LogP contribution in [0.4, 0.5) is 5.69 Å². The van der Waals surface area contributed by atoms with Gasteiger partial charge in [0, 0.05) is 11.1 Å². The van der Waals surface area contributed by atoms with Crippen LogP contribution in [0.1, 0.15) is 11.3 Å². The summed E-state index contributed by atoms with van der Waals surface area (Å²) in [7, 11) is 0. The summed E-state index contributed by atoms with van der Waals surface area (Å²) < 4.78 is 0. The fourth-order valence-corrected chi connectivity index (χ4v) is 2.81. The molecule has 0 atom stereocenters. The van der Waals surface area contributed by atoms with Crippen LogP contribution in [0.5, 0.6) is 0 Å². The summed E-state index contributed by atoms with van der Waals surface area (Å²) >= 11 is 5.65. The van der Waals surface area contributed by atoms with Gasteiger partial charge in [-0.2, -0.15) is 5.26 Å². The molecule has 0 spiro atoms. The number of nitrogens with one attached hydrogen (secondary N) is 1. The molecule has 5 heteroatoms. The number of hydrogen-bond donors (Lipinski definition) is 1. The number of nitrogens with zero attached hydrogens (tertiary/aromatic N) is 2. The molecule has 0 aliphatic rings. The molecular weight excluding hydrogens is 346 g/mol. The van der Waals surface area contributed by atoms with Crippen LogP contribution >= 0.6 is 11.6 Å². The number of carbonyl (C=O) groups excluding carboxylic acids is 1. The van der Waals surface area contributed by atoms with E-state index in [9.17, 15) is 10.1 Å². The van der Waals surface area contributed by atoms with E-state index in [2.05, 4.69) is 16.4 Å². The van der Waals surface area contributed by atoms with E-state index in [-0.39, 0.29) is 11.8 Å². The molecule has 0 bridgehead atoms. The number of aromatic nitrogens is 1. The number of aryl methyl sites for hydroxylation is 1. The second-order valence-corrected chi connectivity index (χ2v) is 6.02. The van der Waals surface area contributed by atoms with Crippen LogP contribution in [-0.2, 0) is 4.79 Å². The maximum atomic E-state index is 11.9. The van der Waals surface area contributed by atoms with Crippen molar-refractivity contribution in [2.75, 3.05) is 11.2 Å². The Bertz CT molecular complexity index is 994. The molecule has 0 radical (unpaired) electrons. The van der Waals surface area contributed by atoms with Crippen LogP contribution in [0.25, 0.3) is 22.4 Å². The van der Waals surface area contributed by atoms with Crippen LogP contribution < -0.4 is 5.32 Å². The van der Waals surface area contributed by atoms with E-state index in [1.807, 2.05) is 55.5 Å². The summed E-state index contributed by atoms with van der Waals surface area (Å²) in [6.45, 7) is 1.84. The Balaban J connectivity index is 2.21. The highest BCUT2D eigenvalue weighted by atomic mass is 35.5. The number of carbonyl (C=O) groups is 1. The van der Waals surface area contributed by atoms with Gasteiger partial charge in [0.2, 0.25) is 5.91 Å². The SMILES string of the molecule is Cc1nc(-c2ccccc2)cc(-c2cccc(C#N)c2)c1NC(=O)CCl. The number of amides is 1. The van der Waals surface area contributed by atoms with Crippen molar-refractivity contribution < 1.29 is 4.79 Å². The van der Waals surface area contributed by atoms with Gasteiger partial charge in [0.25, 0.3) is 0 Å². The fourth-order valence-electron chi connectivity index (χ4n) is 2.74. The molecule has 128 valence electrons. The van der Waals surface area contributed by atoms with Crippen molar-refractivity contribution >= 4 is 23.2 Å². The molecule has 26 heavy (non-hydrogen) atoms. The molecule has 0 aliphatic heterocycles. The lowest BCUT2D eigenvalue weighted by Gasteiger charge is -2.16. The lowest BCUT2D eigenvalue weighted by molar-refractivity contribution is -0.113. The third-order valence-electron chi connectivity index (χ3n) is 3.96. The lowest BCUT2D eigenvalue weighted by atomic mass is 9.98. The molecule has 3 aromatic rings. The Morgan fingerprint density at radius 2 is 1.85 bits per heavy atom. The minimum atomic E-state index is -0.304. The highest BCUT2D eigenvalue weighted by Gasteiger charge is 2.15. The first-order chi connectivity index (χ1) is 12.6. The highest BCUT2D eigenvalue weighted by molar-refractivity contribution is 6.29. The van der Waals surface area contributed by atoms with Gasteiger partial charge in [0.15, 0.2) is 0 Å². The van der Waals surface area contributed by atoms with Gasteiger partial charge in [-0.1, -0.05) is 42.5 Å². The molecule has 1 N–H and O–H groups in total. The molecule has 0 saturated carbocycles. The Morgan fingerprint density at radius 1 is 1.12 bits per heavy atom. The monoisotopic (exact) mass is 361 g/mol. The number of nitriles is 1. The van der Waals surface area contributed by atoms with Gasteiger partial charge in [0.05, 0.1) is 28.7 Å². The first kappa shape index (κ1) is 17.7. The van der Waals surface area contributed by atoms with E-state index in [1.165, 1.54) is 0 Å². The van der Waals surface area contributed by atoms with Crippen molar-refractivity contribution in [3.05, 3.63) is 71.9 Å². The van der Waals surface area contributed by atoms with Crippen LogP contribution in [0.15, 0.2) is 60.7 Å². The molecule has 1 aromatic heterocycles. The zero-order valence-corrected chi connectivity index (χ0v) is 14.9. The third-order valence-corrected chi connectivity index (χ3v) is 4.20. The maximum absolute atomic E-state index is 11.9. The molecule has 0 saturated heterocycles. The van der Waals surface area contributed by atoms with Gasteiger partial charge in [-0.15, -0.1) is 11.6 Å². The van der Waals surface area contributed by atoms with Crippen LogP contribution in [-0.4, -0.2) is 16.8 Å². The molecule has 1 heterocycles. The average Bonchev–Trinajstić information content (AvgIpc) is 2.69. The standard InChI is InChI=1S/C21H16ClN3O/c1-14-21(25-20(26)12-22)18(17-9-5-6-15(10-17)13-23)11-19(24-14)16-7-3-2-4-8-16/h2-11H,12H2,1H3,(H,25,26). The summed E-state index contributed by atoms with van der Waals surface area (Å²) in [4.78, 5) is 16.5. The fraction of sp³-hybridized carbons (Fsp3) is 0.0952. The normalized spacial score (nSPS) is 10.2. The van der Waals surface area contributed by atoms with Crippen LogP contribution in [0.2, 0.25) is 0 Å². The molecular formula is C21H16ClN3O. The summed E-state index contributed by atoms with van der Waals surface area (Å²) in [5, 5.41) is 12.0. The van der Waals surface area contributed by atoms with E-state index in [0.717, 1.165) is 22.4 Å². The van der Waals surface area contributed by atoms with E-state index >= 15 is 0 Å². The van der Waals surface area contributed by atoms with Crippen molar-refractivity contribution in [2.24, 2.45) is 0 Å². The summed E-state index contributed by atoms with van der Waals surface area (Å²) in [6, 6.07) is 21.1. The van der Waals surface area contributed by atoms with E-state index in [1.54, 1.807) is 12.1 Å². The van der Waals surface area contributed by atoms with Crippen molar-refractivity contribution in [3.63, 3.8) is 0 Å². The average molecular weight is 362 g/mol. The second kappa shape index (κ2) is 7.81. The van der Waals surface area contributed by atoms with Crippen LogP contribution in [0.3, 0.4) is 0 Å². The Hall–Kier alpha value is -3.16. The van der Waals surface area contributed by atoms with Crippen LogP contribution in [0, 0.1) is 18.3 Å². The number of rotatable bonds is 4. The Morgan fingerprint density at radius 3 is 2.54 bits per heavy atom. The van der Waals surface area contributed by atoms with Gasteiger partial charge >= 0.3 is 0 Å². The van der Waals surface area contributed by atoms with Crippen molar-refractivity contribution in [1.29, 1.82) is 5.26 Å². The molecule has 0 aliphatic carbocycles. The Kier molecular flexibility index (Phi) is 5.31. The van der Waals surface area contributed by atoms with Gasteiger partial charge in [-0.25, -0.2) is 0 Å². The van der Waals surface area contributed by atoms with Gasteiger partial charge < -0.3 is 5.32 Å². The number of halogens is 1. The minimum absolute atomic E-state index is 0.141. The van der Waals surface area contributed by atoms with Gasteiger partial charge in [-0.05, 0) is 30.7 Å². The van der Waals surface area contributed by atoms with Gasteiger partial charge in [-0.3, -0.25) is 9.78 Å². The first-order valence-corrected chi connectivity index (χ1v) is 8.59. The van der Waals surface area contributed by atoms with E-state index in [0.29, 0.717) is 16.9 Å². The number of anilines is 1. The molecule has 1 amide bonds. The molecule has 0 unspecified atom stereocenters. The Labute approximate surface area is 157 Å². The quantitative estimate of drug-likeness (QED) is 0.680. The highest BCUT2D eigenvalue weighted by Crippen LogP contribution is 2.34. The predicted octanol–water partition coefficient (Wildman–Crippen LogP) is 4.77. The number of pyridine rings is 1. The molecule has 2 aromatic carbocycles. The summed E-state index contributed by atoms with van der Waals surface area (Å²) in [5.74, 6) is -0.445. The predicted molar refractivity (Wildman–Crippen MR) is 104 cm³/mol. The van der Waals surface area contributed by atoms with Gasteiger partial charge in [0.1, 0.15) is 5.88 Å². The molecule has 0 fully saturated rings. The van der Waals surface area contributed by atoms with E-state index < -0.39 is 0 Å². The topological polar surface area (TPSA) is 65.8 Å². The summed E-state index contributed by atoms with van der Waals surface area (Å²) in [5.41, 5.74) is 5.23. The zero-order chi connectivity index (χ0) is 18.5. The molecule has 3 rings (SSSR count). The maximum Gasteiger partial charge on any atom is 0.239 e. The lowest BCUT2D eigenvalue weighted by Crippen LogP contribution is -2.15. The second-order valence-electron chi connectivity index (χ2n) is 5.76. The van der Waals surface area contributed by atoms with Crippen molar-refractivity contribution in [2.45, 2.75) is 6.92 Å². The zero-order valence-electron chi connectivity index (χ0n) is 14.2. The minimum Gasteiger partial charge on any atom is -0.323 e. The first-order valence-electron chi connectivity index (χ1n) is 8.06. The van der Waals surface area contributed by atoms with E-state index in [4.69, 9.17) is 11.6 Å². The molecule has 4 nitrogen and oxygen atoms in total.